The van der Waals surface area contributed by atoms with Gasteiger partial charge in [-0.25, -0.2) is 9.67 Å². The smallest absolute Gasteiger partial charge is 0.306 e. The molecule has 3 rings (SSSR count). The second-order valence-electron chi connectivity index (χ2n) is 6.14. The summed E-state index contributed by atoms with van der Waals surface area (Å²) in [5, 5.41) is 17.6. The van der Waals surface area contributed by atoms with Crippen molar-refractivity contribution in [2.75, 3.05) is 5.32 Å². The summed E-state index contributed by atoms with van der Waals surface area (Å²) in [5.41, 5.74) is -0.266. The molecule has 0 aliphatic heterocycles. The van der Waals surface area contributed by atoms with Crippen molar-refractivity contribution in [2.24, 2.45) is 0 Å². The lowest BCUT2D eigenvalue weighted by atomic mass is 10.1. The molecule has 29 heavy (non-hydrogen) atoms. The van der Waals surface area contributed by atoms with Gasteiger partial charge in [-0.15, -0.1) is 0 Å². The third-order valence-corrected chi connectivity index (χ3v) is 4.00. The quantitative estimate of drug-likeness (QED) is 0.521. The first-order valence-electron chi connectivity index (χ1n) is 8.24. The Morgan fingerprint density at radius 3 is 2.34 bits per heavy atom. The van der Waals surface area contributed by atoms with Gasteiger partial charge in [-0.1, -0.05) is 0 Å². The predicted octanol–water partition coefficient (Wildman–Crippen LogP) is 4.06. The molecule has 0 spiro atoms. The number of halogens is 3. The van der Waals surface area contributed by atoms with Crippen molar-refractivity contribution in [1.82, 2.24) is 14.8 Å². The minimum absolute atomic E-state index is 0.0212. The number of nitrogens with zero attached hydrogens (tertiary/aromatic N) is 4. The molecular formula is C18H14F3N5O3. The monoisotopic (exact) mass is 405 g/mol. The van der Waals surface area contributed by atoms with Crippen LogP contribution in [0.4, 0.5) is 24.7 Å². The van der Waals surface area contributed by atoms with E-state index < -0.39 is 22.7 Å². The number of alkyl halides is 3. The highest BCUT2D eigenvalue weighted by Crippen LogP contribution is 2.28. The Morgan fingerprint density at radius 1 is 1.14 bits per heavy atom. The van der Waals surface area contributed by atoms with Crippen molar-refractivity contribution in [2.45, 2.75) is 20.0 Å². The van der Waals surface area contributed by atoms with Crippen molar-refractivity contribution in [1.29, 1.82) is 0 Å². The van der Waals surface area contributed by atoms with Gasteiger partial charge < -0.3 is 5.32 Å². The number of aromatic nitrogens is 3. The summed E-state index contributed by atoms with van der Waals surface area (Å²) in [5.74, 6) is -0.410. The standard InChI is InChI=1S/C18H14F3N5O3/c1-10-9-16(25(24-10)12-3-5-13(6-4-12)26(28)29)23-17(27)14-7-8-15(18(19,20)21)22-11(14)2/h3-9H,1-2H3,(H,23,27). The number of benzene rings is 1. The molecule has 150 valence electrons. The van der Waals surface area contributed by atoms with Crippen LogP contribution in [0.1, 0.15) is 27.4 Å². The predicted molar refractivity (Wildman–Crippen MR) is 96.9 cm³/mol. The molecule has 0 saturated heterocycles. The van der Waals surface area contributed by atoms with Crippen molar-refractivity contribution in [3.8, 4) is 5.69 Å². The van der Waals surface area contributed by atoms with E-state index in [2.05, 4.69) is 15.4 Å². The highest BCUT2D eigenvalue weighted by Gasteiger charge is 2.33. The molecule has 1 amide bonds. The van der Waals surface area contributed by atoms with Gasteiger partial charge in [-0.2, -0.15) is 18.3 Å². The number of anilines is 1. The van der Waals surface area contributed by atoms with Crippen LogP contribution in [0.3, 0.4) is 0 Å². The van der Waals surface area contributed by atoms with E-state index in [0.717, 1.165) is 12.1 Å². The molecule has 0 bridgehead atoms. The number of hydrogen-bond acceptors (Lipinski definition) is 5. The molecule has 1 aromatic carbocycles. The van der Waals surface area contributed by atoms with Crippen LogP contribution in [-0.4, -0.2) is 25.6 Å². The third kappa shape index (κ3) is 4.23. The van der Waals surface area contributed by atoms with Gasteiger partial charge in [0.2, 0.25) is 0 Å². The zero-order valence-corrected chi connectivity index (χ0v) is 15.2. The number of carbonyl (C=O) groups is 1. The minimum atomic E-state index is -4.61. The molecule has 8 nitrogen and oxygen atoms in total. The van der Waals surface area contributed by atoms with Gasteiger partial charge in [0.15, 0.2) is 0 Å². The topological polar surface area (TPSA) is 103 Å². The third-order valence-electron chi connectivity index (χ3n) is 4.00. The molecule has 11 heteroatoms. The van der Waals surface area contributed by atoms with E-state index in [1.807, 2.05) is 0 Å². The van der Waals surface area contributed by atoms with E-state index >= 15 is 0 Å². The van der Waals surface area contributed by atoms with E-state index in [9.17, 15) is 28.1 Å². The molecule has 0 aliphatic rings. The molecule has 0 unspecified atom stereocenters. The summed E-state index contributed by atoms with van der Waals surface area (Å²) < 4.78 is 39.6. The fourth-order valence-electron chi connectivity index (χ4n) is 2.64. The van der Waals surface area contributed by atoms with Gasteiger partial charge in [0.1, 0.15) is 11.5 Å². The highest BCUT2D eigenvalue weighted by atomic mass is 19.4. The Morgan fingerprint density at radius 2 is 1.79 bits per heavy atom. The van der Waals surface area contributed by atoms with Crippen LogP contribution in [0.15, 0.2) is 42.5 Å². The first-order valence-corrected chi connectivity index (χ1v) is 8.24. The Kier molecular flexibility index (Phi) is 5.06. The van der Waals surface area contributed by atoms with Crippen molar-refractivity contribution < 1.29 is 22.9 Å². The van der Waals surface area contributed by atoms with Crippen molar-refractivity contribution >= 4 is 17.4 Å². The zero-order valence-electron chi connectivity index (χ0n) is 15.2. The summed E-state index contributed by atoms with van der Waals surface area (Å²) in [6.45, 7) is 2.99. The van der Waals surface area contributed by atoms with E-state index in [1.54, 1.807) is 13.0 Å². The number of nitro groups is 1. The van der Waals surface area contributed by atoms with E-state index in [4.69, 9.17) is 0 Å². The van der Waals surface area contributed by atoms with Crippen molar-refractivity contribution in [3.63, 3.8) is 0 Å². The Balaban J connectivity index is 1.89. The normalized spacial score (nSPS) is 11.3. The fourth-order valence-corrected chi connectivity index (χ4v) is 2.64. The summed E-state index contributed by atoms with van der Waals surface area (Å²) in [6, 6.07) is 8.87. The lowest BCUT2D eigenvalue weighted by Gasteiger charge is -2.11. The number of nitro benzene ring substituents is 1. The number of aryl methyl sites for hydroxylation is 2. The Hall–Kier alpha value is -3.76. The second kappa shape index (κ2) is 7.34. The molecule has 0 fully saturated rings. The molecule has 0 aliphatic carbocycles. The maximum atomic E-state index is 12.8. The van der Waals surface area contributed by atoms with E-state index in [0.29, 0.717) is 11.4 Å². The SMILES string of the molecule is Cc1cc(NC(=O)c2ccc(C(F)(F)F)nc2C)n(-c2ccc([N+](=O)[O-])cc2)n1. The van der Waals surface area contributed by atoms with Crippen molar-refractivity contribution in [3.05, 3.63) is 75.2 Å². The molecule has 1 N–H and O–H groups in total. The summed E-state index contributed by atoms with van der Waals surface area (Å²) in [7, 11) is 0. The zero-order chi connectivity index (χ0) is 21.3. The van der Waals surface area contributed by atoms with E-state index in [1.165, 1.54) is 35.9 Å². The van der Waals surface area contributed by atoms with Crippen LogP contribution in [0.5, 0.6) is 0 Å². The van der Waals surface area contributed by atoms with Gasteiger partial charge in [0, 0.05) is 18.2 Å². The number of amides is 1. The van der Waals surface area contributed by atoms with E-state index in [-0.39, 0.29) is 22.8 Å². The van der Waals surface area contributed by atoms with Crippen LogP contribution in [0.25, 0.3) is 5.69 Å². The number of rotatable bonds is 4. The number of pyridine rings is 1. The largest absolute Gasteiger partial charge is 0.433 e. The van der Waals surface area contributed by atoms with Gasteiger partial charge >= 0.3 is 6.18 Å². The molecule has 2 aromatic heterocycles. The number of non-ortho nitro benzene ring substituents is 1. The summed E-state index contributed by atoms with van der Waals surface area (Å²) in [4.78, 5) is 26.3. The van der Waals surface area contributed by atoms with Crippen LogP contribution in [0.2, 0.25) is 0 Å². The van der Waals surface area contributed by atoms with Gasteiger partial charge in [0.25, 0.3) is 11.6 Å². The lowest BCUT2D eigenvalue weighted by molar-refractivity contribution is -0.384. The fraction of sp³-hybridized carbons (Fsp3) is 0.167. The Bertz CT molecular complexity index is 1090. The number of nitrogens with one attached hydrogen (secondary N) is 1. The maximum Gasteiger partial charge on any atom is 0.433 e. The number of hydrogen-bond donors (Lipinski definition) is 1. The average molecular weight is 405 g/mol. The van der Waals surface area contributed by atoms with Crippen LogP contribution in [-0.2, 0) is 6.18 Å². The first kappa shape index (κ1) is 20.0. The highest BCUT2D eigenvalue weighted by molar-refractivity contribution is 6.04. The molecule has 2 heterocycles. The summed E-state index contributed by atoms with van der Waals surface area (Å²) >= 11 is 0. The van der Waals surface area contributed by atoms with Crippen LogP contribution >= 0.6 is 0 Å². The van der Waals surface area contributed by atoms with Gasteiger partial charge in [-0.3, -0.25) is 14.9 Å². The lowest BCUT2D eigenvalue weighted by Crippen LogP contribution is -2.18. The van der Waals surface area contributed by atoms with Gasteiger partial charge in [-0.05, 0) is 38.1 Å². The summed E-state index contributed by atoms with van der Waals surface area (Å²) in [6.07, 6.45) is -4.61. The van der Waals surface area contributed by atoms with Crippen LogP contribution < -0.4 is 5.32 Å². The molecule has 0 radical (unpaired) electrons. The maximum absolute atomic E-state index is 12.8. The number of carbonyl (C=O) groups excluding carboxylic acids is 1. The second-order valence-corrected chi connectivity index (χ2v) is 6.14. The molecule has 3 aromatic rings. The first-order chi connectivity index (χ1) is 13.6. The average Bonchev–Trinajstić information content (AvgIpc) is 3.01. The minimum Gasteiger partial charge on any atom is -0.306 e. The molecule has 0 atom stereocenters. The Labute approximate surface area is 162 Å². The molecule has 0 saturated carbocycles. The van der Waals surface area contributed by atoms with Gasteiger partial charge in [0.05, 0.1) is 27.6 Å². The van der Waals surface area contributed by atoms with Crippen LogP contribution in [0, 0.1) is 24.0 Å². The molecular weight excluding hydrogens is 391 g/mol.